The second kappa shape index (κ2) is 8.72. The largest absolute Gasteiger partial charge is 0.496 e. The van der Waals surface area contributed by atoms with Gasteiger partial charge in [0.1, 0.15) is 17.6 Å². The van der Waals surface area contributed by atoms with E-state index in [1.807, 2.05) is 36.4 Å². The second-order valence-corrected chi connectivity index (χ2v) is 6.65. The third-order valence-electron chi connectivity index (χ3n) is 4.70. The zero-order valence-electron chi connectivity index (χ0n) is 15.4. The van der Waals surface area contributed by atoms with E-state index in [0.717, 1.165) is 37.2 Å². The molecule has 1 aliphatic heterocycles. The Morgan fingerprint density at radius 3 is 2.50 bits per heavy atom. The van der Waals surface area contributed by atoms with Crippen molar-refractivity contribution >= 4 is 5.91 Å². The molecule has 1 heterocycles. The van der Waals surface area contributed by atoms with Crippen molar-refractivity contribution in [2.45, 2.75) is 25.5 Å². The van der Waals surface area contributed by atoms with Crippen molar-refractivity contribution in [1.29, 1.82) is 0 Å². The monoisotopic (exact) mass is 354 g/mol. The van der Waals surface area contributed by atoms with Gasteiger partial charge in [0, 0.05) is 19.6 Å². The minimum absolute atomic E-state index is 0.144. The lowest BCUT2D eigenvalue weighted by molar-refractivity contribution is 0.0948. The highest BCUT2D eigenvalue weighted by atomic mass is 16.5. The maximum absolute atomic E-state index is 12.3. The van der Waals surface area contributed by atoms with Gasteiger partial charge in [-0.2, -0.15) is 0 Å². The summed E-state index contributed by atoms with van der Waals surface area (Å²) in [5.74, 6) is 1.32. The molecule has 0 spiro atoms. The molecule has 0 aliphatic carbocycles. The molecule has 26 heavy (non-hydrogen) atoms. The number of piperidine rings is 1. The summed E-state index contributed by atoms with van der Waals surface area (Å²) in [4.78, 5) is 14.7. The second-order valence-electron chi connectivity index (χ2n) is 6.65. The van der Waals surface area contributed by atoms with Crippen molar-refractivity contribution in [3.63, 3.8) is 0 Å². The average Bonchev–Trinajstić information content (AvgIpc) is 2.69. The number of nitrogens with zero attached hydrogens (tertiary/aromatic N) is 1. The number of hydrogen-bond acceptors (Lipinski definition) is 4. The van der Waals surface area contributed by atoms with Gasteiger partial charge in [-0.1, -0.05) is 24.3 Å². The molecule has 1 saturated heterocycles. The van der Waals surface area contributed by atoms with Gasteiger partial charge in [0.25, 0.3) is 5.91 Å². The Morgan fingerprint density at radius 2 is 1.81 bits per heavy atom. The fourth-order valence-electron chi connectivity index (χ4n) is 3.09. The van der Waals surface area contributed by atoms with Gasteiger partial charge in [-0.25, -0.2) is 0 Å². The first-order valence-electron chi connectivity index (χ1n) is 9.01. The summed E-state index contributed by atoms with van der Waals surface area (Å²) in [6.45, 7) is 2.63. The van der Waals surface area contributed by atoms with E-state index in [-0.39, 0.29) is 5.91 Å². The number of benzene rings is 2. The minimum atomic E-state index is -0.144. The van der Waals surface area contributed by atoms with E-state index in [1.54, 1.807) is 19.2 Å². The molecule has 1 aliphatic rings. The summed E-state index contributed by atoms with van der Waals surface area (Å²) < 4.78 is 11.3. The Labute approximate surface area is 154 Å². The Bertz CT molecular complexity index is 722. The molecule has 0 unspecified atom stereocenters. The average molecular weight is 354 g/mol. The number of methoxy groups -OCH3 is 1. The molecule has 1 amide bonds. The molecule has 1 N–H and O–H groups in total. The maximum atomic E-state index is 12.3. The van der Waals surface area contributed by atoms with E-state index in [1.165, 1.54) is 0 Å². The molecular weight excluding hydrogens is 328 g/mol. The number of carbonyl (C=O) groups is 1. The topological polar surface area (TPSA) is 50.8 Å². The van der Waals surface area contributed by atoms with Crippen LogP contribution in [0.15, 0.2) is 48.5 Å². The SMILES string of the molecule is COc1ccccc1C(=O)NCc1ccc(OC2CCN(C)CC2)cc1. The normalized spacial score (nSPS) is 15.5. The summed E-state index contributed by atoms with van der Waals surface area (Å²) in [7, 11) is 3.71. The Hall–Kier alpha value is -2.53. The van der Waals surface area contributed by atoms with Crippen LogP contribution in [-0.4, -0.2) is 44.2 Å². The number of likely N-dealkylation sites (tertiary alicyclic amines) is 1. The summed E-state index contributed by atoms with van der Waals surface area (Å²) in [6.07, 6.45) is 2.42. The van der Waals surface area contributed by atoms with Crippen LogP contribution in [0, 0.1) is 0 Å². The lowest BCUT2D eigenvalue weighted by Crippen LogP contribution is -2.35. The smallest absolute Gasteiger partial charge is 0.255 e. The maximum Gasteiger partial charge on any atom is 0.255 e. The number of amides is 1. The number of hydrogen-bond donors (Lipinski definition) is 1. The van der Waals surface area contributed by atoms with E-state index < -0.39 is 0 Å². The summed E-state index contributed by atoms with van der Waals surface area (Å²) in [5, 5.41) is 2.93. The number of carbonyl (C=O) groups excluding carboxylic acids is 1. The molecular formula is C21H26N2O3. The molecule has 2 aromatic carbocycles. The van der Waals surface area contributed by atoms with Crippen LogP contribution < -0.4 is 14.8 Å². The molecule has 0 atom stereocenters. The summed E-state index contributed by atoms with van der Waals surface area (Å²) in [6, 6.07) is 15.1. The van der Waals surface area contributed by atoms with E-state index in [2.05, 4.69) is 17.3 Å². The number of para-hydroxylation sites is 1. The summed E-state index contributed by atoms with van der Waals surface area (Å²) >= 11 is 0. The number of nitrogens with one attached hydrogen (secondary N) is 1. The highest BCUT2D eigenvalue weighted by Gasteiger charge is 2.18. The Balaban J connectivity index is 1.52. The first-order valence-corrected chi connectivity index (χ1v) is 9.01. The quantitative estimate of drug-likeness (QED) is 0.866. The molecule has 138 valence electrons. The van der Waals surface area contributed by atoms with Gasteiger partial charge >= 0.3 is 0 Å². The van der Waals surface area contributed by atoms with Gasteiger partial charge in [-0.15, -0.1) is 0 Å². The van der Waals surface area contributed by atoms with E-state index in [0.29, 0.717) is 24.0 Å². The highest BCUT2D eigenvalue weighted by Crippen LogP contribution is 2.20. The third kappa shape index (κ3) is 4.76. The van der Waals surface area contributed by atoms with Crippen molar-refractivity contribution in [3.05, 3.63) is 59.7 Å². The fourth-order valence-corrected chi connectivity index (χ4v) is 3.09. The third-order valence-corrected chi connectivity index (χ3v) is 4.70. The molecule has 0 saturated carbocycles. The van der Waals surface area contributed by atoms with Crippen molar-refractivity contribution < 1.29 is 14.3 Å². The minimum Gasteiger partial charge on any atom is -0.496 e. The van der Waals surface area contributed by atoms with Crippen molar-refractivity contribution in [3.8, 4) is 11.5 Å². The number of ether oxygens (including phenoxy) is 2. The molecule has 1 fully saturated rings. The molecule has 2 aromatic rings. The first kappa shape index (κ1) is 18.3. The van der Waals surface area contributed by atoms with E-state index in [4.69, 9.17) is 9.47 Å². The van der Waals surface area contributed by atoms with Crippen LogP contribution in [-0.2, 0) is 6.54 Å². The van der Waals surface area contributed by atoms with Gasteiger partial charge < -0.3 is 19.7 Å². The van der Waals surface area contributed by atoms with Crippen LogP contribution in [0.1, 0.15) is 28.8 Å². The molecule has 3 rings (SSSR count). The van der Waals surface area contributed by atoms with Crippen molar-refractivity contribution in [1.82, 2.24) is 10.2 Å². The van der Waals surface area contributed by atoms with Crippen LogP contribution in [0.3, 0.4) is 0 Å². The van der Waals surface area contributed by atoms with Crippen LogP contribution in [0.5, 0.6) is 11.5 Å². The van der Waals surface area contributed by atoms with Crippen LogP contribution in [0.2, 0.25) is 0 Å². The predicted octanol–water partition coefficient (Wildman–Crippen LogP) is 3.10. The van der Waals surface area contributed by atoms with Crippen LogP contribution in [0.4, 0.5) is 0 Å². The van der Waals surface area contributed by atoms with Crippen LogP contribution >= 0.6 is 0 Å². The van der Waals surface area contributed by atoms with Gasteiger partial charge in [0.05, 0.1) is 12.7 Å². The zero-order chi connectivity index (χ0) is 18.4. The summed E-state index contributed by atoms with van der Waals surface area (Å²) in [5.41, 5.74) is 1.57. The van der Waals surface area contributed by atoms with Crippen molar-refractivity contribution in [2.24, 2.45) is 0 Å². The molecule has 0 aromatic heterocycles. The fraction of sp³-hybridized carbons (Fsp3) is 0.381. The van der Waals surface area contributed by atoms with Gasteiger partial charge in [0.2, 0.25) is 0 Å². The molecule has 5 nitrogen and oxygen atoms in total. The molecule has 0 bridgehead atoms. The van der Waals surface area contributed by atoms with E-state index in [9.17, 15) is 4.79 Å². The lowest BCUT2D eigenvalue weighted by atomic mass is 10.1. The number of rotatable bonds is 6. The standard InChI is InChI=1S/C21H26N2O3/c1-23-13-11-18(12-14-23)26-17-9-7-16(8-10-17)15-22-21(24)19-5-3-4-6-20(19)25-2/h3-10,18H,11-15H2,1-2H3,(H,22,24). The van der Waals surface area contributed by atoms with Gasteiger partial charge in [-0.3, -0.25) is 4.79 Å². The zero-order valence-corrected chi connectivity index (χ0v) is 15.4. The van der Waals surface area contributed by atoms with Crippen molar-refractivity contribution in [2.75, 3.05) is 27.2 Å². The highest BCUT2D eigenvalue weighted by molar-refractivity contribution is 5.96. The van der Waals surface area contributed by atoms with Crippen LogP contribution in [0.25, 0.3) is 0 Å². The molecule has 5 heteroatoms. The van der Waals surface area contributed by atoms with Gasteiger partial charge in [-0.05, 0) is 49.7 Å². The Kier molecular flexibility index (Phi) is 6.12. The van der Waals surface area contributed by atoms with E-state index >= 15 is 0 Å². The predicted molar refractivity (Wildman–Crippen MR) is 102 cm³/mol. The lowest BCUT2D eigenvalue weighted by Gasteiger charge is -2.29. The Morgan fingerprint density at radius 1 is 1.12 bits per heavy atom. The molecule has 0 radical (unpaired) electrons. The van der Waals surface area contributed by atoms with Gasteiger partial charge in [0.15, 0.2) is 0 Å². The first-order chi connectivity index (χ1) is 12.7.